The largest absolute Gasteiger partial charge is 0.456 e. The second kappa shape index (κ2) is 12.8. The number of benzene rings is 1. The lowest BCUT2D eigenvalue weighted by Gasteiger charge is -2.46. The number of nitrogens with one attached hydrogen (secondary N) is 1. The van der Waals surface area contributed by atoms with Crippen LogP contribution < -0.4 is 10.2 Å². The molecule has 13 nitrogen and oxygen atoms in total. The number of nitro benzene ring substituents is 1. The van der Waals surface area contributed by atoms with Crippen molar-refractivity contribution in [1.82, 2.24) is 15.2 Å². The second-order valence-electron chi connectivity index (χ2n) is 11.6. The fourth-order valence-electron chi connectivity index (χ4n) is 5.63. The van der Waals surface area contributed by atoms with Crippen molar-refractivity contribution in [2.45, 2.75) is 57.7 Å². The Balaban J connectivity index is 1.26. The molecule has 15 heteroatoms. The third kappa shape index (κ3) is 6.05. The first-order valence-electron chi connectivity index (χ1n) is 14.4. The highest BCUT2D eigenvalue weighted by Gasteiger charge is 2.60. The average molecular weight is 646 g/mol. The summed E-state index contributed by atoms with van der Waals surface area (Å²) in [7, 11) is 0. The highest BCUT2D eigenvalue weighted by Crippen LogP contribution is 2.52. The normalized spacial score (nSPS) is 22.8. The molecule has 44 heavy (non-hydrogen) atoms. The lowest BCUT2D eigenvalue weighted by atomic mass is 9.79. The summed E-state index contributed by atoms with van der Waals surface area (Å²) in [6, 6.07) is 4.99. The zero-order chi connectivity index (χ0) is 31.9. The van der Waals surface area contributed by atoms with E-state index in [4.69, 9.17) is 4.74 Å². The molecular weight excluding hydrogens is 610 g/mol. The van der Waals surface area contributed by atoms with E-state index < -0.39 is 22.9 Å². The second-order valence-corrected chi connectivity index (χ2v) is 13.8. The number of nitrogens with zero attached hydrogens (tertiary/aromatic N) is 4. The van der Waals surface area contributed by atoms with Gasteiger partial charge in [0.05, 0.1) is 35.6 Å². The van der Waals surface area contributed by atoms with Crippen molar-refractivity contribution in [1.29, 1.82) is 0 Å². The maximum absolute atomic E-state index is 13.4. The summed E-state index contributed by atoms with van der Waals surface area (Å²) < 4.78 is 5.58. The third-order valence-corrected chi connectivity index (χ3v) is 10.6. The van der Waals surface area contributed by atoms with Gasteiger partial charge in [-0.25, -0.2) is 9.78 Å². The molecule has 3 aliphatic rings. The molecule has 0 bridgehead atoms. The van der Waals surface area contributed by atoms with Gasteiger partial charge in [0.1, 0.15) is 18.0 Å². The minimum Gasteiger partial charge on any atom is -0.456 e. The summed E-state index contributed by atoms with van der Waals surface area (Å²) in [4.78, 5) is 58.2. The van der Waals surface area contributed by atoms with Crippen LogP contribution in [0.4, 0.5) is 10.8 Å². The molecule has 0 aliphatic carbocycles. The fraction of sp³-hybridized carbons (Fsp3) is 0.517. The number of thiazole rings is 1. The van der Waals surface area contributed by atoms with Crippen LogP contribution in [0.2, 0.25) is 0 Å². The molecule has 1 aromatic carbocycles. The molecule has 3 aliphatic heterocycles. The molecule has 236 valence electrons. The van der Waals surface area contributed by atoms with E-state index in [1.54, 1.807) is 12.3 Å². The highest BCUT2D eigenvalue weighted by atomic mass is 32.2. The SMILES string of the molecule is CC(C)[C@@H](CO)NC(=O)c1csc(N2CC(SC3=C(C(=O)OCc4ccc([N+](=O)[O-])cc4)N4C(=O)[C@H]([C@@H](C)O)[C@H]4[C@H]3C)C2)n1. The number of carbonyl (C=O) groups excluding carboxylic acids is 3. The summed E-state index contributed by atoms with van der Waals surface area (Å²) in [5.74, 6) is -2.05. The van der Waals surface area contributed by atoms with E-state index in [0.717, 1.165) is 4.91 Å². The number of β-lactam (4-membered cyclic amide) rings is 1. The van der Waals surface area contributed by atoms with Crippen LogP contribution in [0, 0.1) is 27.9 Å². The minimum absolute atomic E-state index is 0.0717. The topological polar surface area (TPSA) is 175 Å². The molecule has 0 radical (unpaired) electrons. The molecule has 1 aromatic heterocycles. The molecule has 2 fully saturated rings. The number of rotatable bonds is 12. The van der Waals surface area contributed by atoms with Crippen LogP contribution in [0.3, 0.4) is 0 Å². The van der Waals surface area contributed by atoms with Crippen LogP contribution in [0.5, 0.6) is 0 Å². The lowest BCUT2D eigenvalue weighted by Crippen LogP contribution is -2.63. The Morgan fingerprint density at radius 3 is 2.52 bits per heavy atom. The molecule has 2 aromatic rings. The smallest absolute Gasteiger partial charge is 0.356 e. The van der Waals surface area contributed by atoms with E-state index in [-0.39, 0.29) is 71.3 Å². The first kappa shape index (κ1) is 31.9. The van der Waals surface area contributed by atoms with Crippen molar-refractivity contribution >= 4 is 51.7 Å². The highest BCUT2D eigenvalue weighted by molar-refractivity contribution is 8.03. The predicted molar refractivity (Wildman–Crippen MR) is 164 cm³/mol. The number of aromatic nitrogens is 1. The summed E-state index contributed by atoms with van der Waals surface area (Å²) in [5, 5.41) is 36.0. The molecule has 3 N–H and O–H groups in total. The van der Waals surface area contributed by atoms with Gasteiger partial charge in [-0.3, -0.25) is 19.7 Å². The van der Waals surface area contributed by atoms with E-state index in [2.05, 4.69) is 10.3 Å². The summed E-state index contributed by atoms with van der Waals surface area (Å²) in [5.41, 5.74) is 0.974. The van der Waals surface area contributed by atoms with Gasteiger partial charge in [-0.1, -0.05) is 20.8 Å². The number of non-ortho nitro benzene ring substituents is 1. The van der Waals surface area contributed by atoms with E-state index in [1.807, 2.05) is 25.7 Å². The summed E-state index contributed by atoms with van der Waals surface area (Å²) in [6.07, 6.45) is -0.864. The Morgan fingerprint density at radius 2 is 1.93 bits per heavy atom. The first-order chi connectivity index (χ1) is 20.9. The van der Waals surface area contributed by atoms with Crippen molar-refractivity contribution in [3.8, 4) is 0 Å². The van der Waals surface area contributed by atoms with Crippen LogP contribution in [-0.4, -0.2) is 85.9 Å². The number of fused-ring (bicyclic) bond motifs is 1. The zero-order valence-corrected chi connectivity index (χ0v) is 26.3. The molecule has 5 atom stereocenters. The number of anilines is 1. The number of thioether (sulfide) groups is 1. The number of hydrogen-bond acceptors (Lipinski definition) is 12. The number of amides is 2. The summed E-state index contributed by atoms with van der Waals surface area (Å²) in [6.45, 7) is 8.30. The minimum atomic E-state index is -0.864. The van der Waals surface area contributed by atoms with Crippen molar-refractivity contribution < 1.29 is 34.3 Å². The van der Waals surface area contributed by atoms with Gasteiger partial charge in [0, 0.05) is 46.7 Å². The van der Waals surface area contributed by atoms with Crippen molar-refractivity contribution in [3.05, 3.63) is 61.6 Å². The van der Waals surface area contributed by atoms with Gasteiger partial charge in [-0.2, -0.15) is 0 Å². The quantitative estimate of drug-likeness (QED) is 0.134. The van der Waals surface area contributed by atoms with E-state index in [1.165, 1.54) is 52.3 Å². The van der Waals surface area contributed by atoms with Crippen molar-refractivity contribution in [2.24, 2.45) is 17.8 Å². The summed E-state index contributed by atoms with van der Waals surface area (Å²) >= 11 is 2.87. The maximum Gasteiger partial charge on any atom is 0.356 e. The molecule has 5 rings (SSSR count). The Labute approximate surface area is 262 Å². The van der Waals surface area contributed by atoms with Gasteiger partial charge in [0.2, 0.25) is 5.91 Å². The fourth-order valence-corrected chi connectivity index (χ4v) is 7.97. The average Bonchev–Trinajstić information content (AvgIpc) is 3.53. The van der Waals surface area contributed by atoms with Gasteiger partial charge < -0.3 is 30.1 Å². The third-order valence-electron chi connectivity index (χ3n) is 8.27. The lowest BCUT2D eigenvalue weighted by molar-refractivity contribution is -0.384. The number of aliphatic hydroxyl groups excluding tert-OH is 2. The Morgan fingerprint density at radius 1 is 1.25 bits per heavy atom. The molecule has 2 saturated heterocycles. The van der Waals surface area contributed by atoms with Crippen LogP contribution in [0.1, 0.15) is 43.7 Å². The van der Waals surface area contributed by atoms with Crippen molar-refractivity contribution in [3.63, 3.8) is 0 Å². The van der Waals surface area contributed by atoms with Gasteiger partial charge in [-0.05, 0) is 30.5 Å². The van der Waals surface area contributed by atoms with Gasteiger partial charge in [0.15, 0.2) is 5.13 Å². The monoisotopic (exact) mass is 645 g/mol. The molecular formula is C29H35N5O8S2. The van der Waals surface area contributed by atoms with E-state index in [0.29, 0.717) is 23.8 Å². The van der Waals surface area contributed by atoms with Crippen LogP contribution >= 0.6 is 23.1 Å². The predicted octanol–water partition coefficient (Wildman–Crippen LogP) is 2.53. The number of nitro groups is 1. The van der Waals surface area contributed by atoms with Crippen LogP contribution in [0.15, 0.2) is 40.2 Å². The maximum atomic E-state index is 13.4. The van der Waals surface area contributed by atoms with Crippen LogP contribution in [0.25, 0.3) is 0 Å². The Hall–Kier alpha value is -3.53. The van der Waals surface area contributed by atoms with Crippen LogP contribution in [-0.2, 0) is 20.9 Å². The Bertz CT molecular complexity index is 1470. The number of esters is 1. The molecule has 0 spiro atoms. The van der Waals surface area contributed by atoms with Gasteiger partial charge in [0.25, 0.3) is 11.6 Å². The van der Waals surface area contributed by atoms with Gasteiger partial charge in [-0.15, -0.1) is 23.1 Å². The van der Waals surface area contributed by atoms with E-state index >= 15 is 0 Å². The Kier molecular flexibility index (Phi) is 9.30. The number of hydrogen-bond donors (Lipinski definition) is 3. The molecule has 2 amide bonds. The van der Waals surface area contributed by atoms with Gasteiger partial charge >= 0.3 is 5.97 Å². The number of ether oxygens (including phenoxy) is 1. The van der Waals surface area contributed by atoms with E-state index in [9.17, 15) is 34.7 Å². The standard InChI is InChI=1S/C29H35N5O8S2/c1-14(2)20(11-35)30-26(37)21-13-43-29(31-21)32-9-19(10-32)44-25-15(3)23-22(16(4)36)27(38)33(23)24(25)28(39)42-12-17-5-7-18(8-6-17)34(40)41/h5-8,13-16,19-20,22-23,35-36H,9-12H2,1-4H3,(H,30,37)/t15-,16-,20-,22-,23-/m1/s1. The van der Waals surface area contributed by atoms with Crippen molar-refractivity contribution in [2.75, 3.05) is 24.6 Å². The molecule has 0 saturated carbocycles. The molecule has 4 heterocycles. The number of carbonyl (C=O) groups is 3. The molecule has 0 unspecified atom stereocenters. The number of aliphatic hydroxyl groups is 2. The zero-order valence-electron chi connectivity index (χ0n) is 24.7. The first-order valence-corrected chi connectivity index (χ1v) is 16.1.